The summed E-state index contributed by atoms with van der Waals surface area (Å²) in [5, 5.41) is 21.2. The van der Waals surface area contributed by atoms with Gasteiger partial charge in [-0.15, -0.1) is 0 Å². The van der Waals surface area contributed by atoms with Gasteiger partial charge in [0.2, 0.25) is 9.84 Å². The maximum atomic E-state index is 12.3. The summed E-state index contributed by atoms with van der Waals surface area (Å²) in [5.41, 5.74) is -0.275. The number of carbonyl (C=O) groups excluding carboxylic acids is 2. The molecule has 0 N–H and O–H groups in total. The normalized spacial score (nSPS) is 10.1. The molecule has 2 aromatic rings. The van der Waals surface area contributed by atoms with E-state index in [4.69, 9.17) is 0 Å². The summed E-state index contributed by atoms with van der Waals surface area (Å²) in [5.74, 6) is -2.81. The van der Waals surface area contributed by atoms with E-state index in [1.807, 2.05) is 0 Å². The van der Waals surface area contributed by atoms with E-state index in [-0.39, 0.29) is 58.6 Å². The zero-order chi connectivity index (χ0) is 15.6. The quantitative estimate of drug-likeness (QED) is 0.518. The van der Waals surface area contributed by atoms with E-state index in [1.54, 1.807) is 0 Å². The van der Waals surface area contributed by atoms with Crippen LogP contribution >= 0.6 is 0 Å². The third-order valence-electron chi connectivity index (χ3n) is 2.80. The number of carbonyl (C=O) groups is 2. The van der Waals surface area contributed by atoms with E-state index in [0.29, 0.717) is 0 Å². The number of hydrogen-bond donors (Lipinski definition) is 0. The van der Waals surface area contributed by atoms with E-state index >= 15 is 0 Å². The Kier molecular flexibility index (Phi) is 7.86. The number of sulfone groups is 1. The van der Waals surface area contributed by atoms with Crippen LogP contribution in [0.25, 0.3) is 0 Å². The first-order valence-corrected chi connectivity index (χ1v) is 7.18. The molecule has 9 heteroatoms. The number of hydrogen-bond acceptors (Lipinski definition) is 6. The molecular weight excluding hydrogens is 310 g/mol. The summed E-state index contributed by atoms with van der Waals surface area (Å²) >= 11 is 0. The smallest absolute Gasteiger partial charge is 0.545 e. The van der Waals surface area contributed by atoms with Crippen molar-refractivity contribution in [1.82, 2.24) is 0 Å². The average molecular weight is 318 g/mol. The molecule has 108 valence electrons. The molecule has 0 saturated heterocycles. The van der Waals surface area contributed by atoms with Crippen molar-refractivity contribution in [3.8, 4) is 0 Å². The summed E-state index contributed by atoms with van der Waals surface area (Å²) < 4.78 is 24.5. The molecule has 2 rings (SSSR count). The van der Waals surface area contributed by atoms with Crippen molar-refractivity contribution in [2.45, 2.75) is 9.79 Å². The predicted octanol–water partition coefficient (Wildman–Crippen LogP) is -6.75. The zero-order valence-electron chi connectivity index (χ0n) is 12.5. The Labute approximate surface area is 156 Å². The Morgan fingerprint density at radius 3 is 1.13 bits per heavy atom. The molecule has 0 amide bonds. The molecule has 0 spiro atoms. The van der Waals surface area contributed by atoms with Gasteiger partial charge >= 0.3 is 37.7 Å². The monoisotopic (exact) mass is 318 g/mol. The SMILES string of the molecule is O=C([O-])c1ccc(S(=O)(=O)c2ccc(C(=O)[O-])cc2)cc1.[Li+].[Li+]. The second-order valence-corrected chi connectivity index (χ2v) is 6.08. The molecule has 0 heterocycles. The van der Waals surface area contributed by atoms with Gasteiger partial charge in [-0.2, -0.15) is 0 Å². The van der Waals surface area contributed by atoms with Crippen molar-refractivity contribution >= 4 is 21.8 Å². The van der Waals surface area contributed by atoms with Gasteiger partial charge in [-0.1, -0.05) is 24.3 Å². The van der Waals surface area contributed by atoms with Gasteiger partial charge in [0.05, 0.1) is 21.7 Å². The van der Waals surface area contributed by atoms with Crippen molar-refractivity contribution in [2.75, 3.05) is 0 Å². The standard InChI is InChI=1S/C14H10O6S.2Li/c15-13(16)9-1-5-11(6-2-9)21(19,20)12-7-3-10(4-8-12)14(17)18;;/h1-8H,(H,15,16)(H,17,18);;/q;2*+1/p-2. The van der Waals surface area contributed by atoms with Gasteiger partial charge in [-0.3, -0.25) is 0 Å². The van der Waals surface area contributed by atoms with Gasteiger partial charge in [-0.25, -0.2) is 8.42 Å². The average Bonchev–Trinajstić information content (AvgIpc) is 2.47. The molecule has 0 radical (unpaired) electrons. The second-order valence-electron chi connectivity index (χ2n) is 4.13. The molecule has 0 aromatic heterocycles. The minimum Gasteiger partial charge on any atom is -0.545 e. The predicted molar refractivity (Wildman–Crippen MR) is 67.0 cm³/mol. The Bertz CT molecular complexity index is 735. The van der Waals surface area contributed by atoms with Crippen LogP contribution in [-0.4, -0.2) is 20.4 Å². The van der Waals surface area contributed by atoms with Crippen LogP contribution in [0.15, 0.2) is 58.3 Å². The molecule has 23 heavy (non-hydrogen) atoms. The minimum absolute atomic E-state index is 0. The van der Waals surface area contributed by atoms with Crippen LogP contribution in [0.3, 0.4) is 0 Å². The van der Waals surface area contributed by atoms with Gasteiger partial charge in [0.1, 0.15) is 0 Å². The van der Waals surface area contributed by atoms with Crippen molar-refractivity contribution in [1.29, 1.82) is 0 Å². The summed E-state index contributed by atoms with van der Waals surface area (Å²) in [7, 11) is -3.85. The van der Waals surface area contributed by atoms with Crippen LogP contribution in [0, 0.1) is 0 Å². The molecule has 6 nitrogen and oxygen atoms in total. The molecule has 0 fully saturated rings. The van der Waals surface area contributed by atoms with Crippen molar-refractivity contribution in [3.63, 3.8) is 0 Å². The first-order valence-electron chi connectivity index (χ1n) is 5.70. The Hall–Kier alpha value is -1.48. The van der Waals surface area contributed by atoms with Crippen LogP contribution in [0.5, 0.6) is 0 Å². The van der Waals surface area contributed by atoms with Crippen LogP contribution < -0.4 is 47.9 Å². The molecule has 0 aliphatic rings. The molecular formula is C14H8Li2O6S. The Balaban J connectivity index is 0.00000242. The first-order chi connectivity index (χ1) is 9.82. The first kappa shape index (κ1) is 21.5. The van der Waals surface area contributed by atoms with Gasteiger partial charge in [0.15, 0.2) is 0 Å². The minimum atomic E-state index is -3.85. The number of benzene rings is 2. The molecule has 0 aliphatic carbocycles. The number of aromatic carboxylic acids is 2. The van der Waals surface area contributed by atoms with Crippen molar-refractivity contribution in [2.24, 2.45) is 0 Å². The fourth-order valence-electron chi connectivity index (χ4n) is 1.68. The molecule has 0 aliphatic heterocycles. The molecule has 0 saturated carbocycles. The molecule has 0 unspecified atom stereocenters. The Morgan fingerprint density at radius 2 is 0.913 bits per heavy atom. The van der Waals surface area contributed by atoms with Gasteiger partial charge in [-0.05, 0) is 35.4 Å². The van der Waals surface area contributed by atoms with Crippen molar-refractivity contribution < 1.29 is 65.9 Å². The van der Waals surface area contributed by atoms with Crippen LogP contribution in [-0.2, 0) is 9.84 Å². The molecule has 2 aromatic carbocycles. The topological polar surface area (TPSA) is 114 Å². The summed E-state index contributed by atoms with van der Waals surface area (Å²) in [6, 6.07) is 9.07. The van der Waals surface area contributed by atoms with Crippen LogP contribution in [0.4, 0.5) is 0 Å². The second kappa shape index (κ2) is 8.40. The third kappa shape index (κ3) is 4.75. The van der Waals surface area contributed by atoms with Crippen molar-refractivity contribution in [3.05, 3.63) is 59.7 Å². The Morgan fingerprint density at radius 1 is 0.652 bits per heavy atom. The van der Waals surface area contributed by atoms with E-state index in [2.05, 4.69) is 0 Å². The third-order valence-corrected chi connectivity index (χ3v) is 4.59. The fourth-order valence-corrected chi connectivity index (χ4v) is 2.94. The number of carboxylic acid groups (broad SMARTS) is 2. The maximum absolute atomic E-state index is 12.3. The van der Waals surface area contributed by atoms with Gasteiger partial charge < -0.3 is 19.8 Å². The largest absolute Gasteiger partial charge is 1.00 e. The number of rotatable bonds is 4. The zero-order valence-corrected chi connectivity index (χ0v) is 13.3. The van der Waals surface area contributed by atoms with Crippen LogP contribution in [0.1, 0.15) is 20.7 Å². The maximum Gasteiger partial charge on any atom is 1.00 e. The summed E-state index contributed by atoms with van der Waals surface area (Å²) in [4.78, 5) is 21.0. The summed E-state index contributed by atoms with van der Waals surface area (Å²) in [6.45, 7) is 0. The van der Waals surface area contributed by atoms with E-state index in [0.717, 1.165) is 48.5 Å². The molecule has 0 bridgehead atoms. The van der Waals surface area contributed by atoms with E-state index in [9.17, 15) is 28.2 Å². The fraction of sp³-hybridized carbons (Fsp3) is 0. The number of carboxylic acids is 2. The van der Waals surface area contributed by atoms with Gasteiger partial charge in [0.25, 0.3) is 0 Å². The summed E-state index contributed by atoms with van der Waals surface area (Å²) in [6.07, 6.45) is 0. The van der Waals surface area contributed by atoms with Crippen LogP contribution in [0.2, 0.25) is 0 Å². The van der Waals surface area contributed by atoms with E-state index in [1.165, 1.54) is 0 Å². The van der Waals surface area contributed by atoms with Gasteiger partial charge in [0, 0.05) is 0 Å². The molecule has 0 atom stereocenters. The van der Waals surface area contributed by atoms with E-state index < -0.39 is 21.8 Å².